The van der Waals surface area contributed by atoms with Crippen molar-refractivity contribution in [3.63, 3.8) is 0 Å². The van der Waals surface area contributed by atoms with Crippen molar-refractivity contribution in [2.75, 3.05) is 6.61 Å². The number of H-pyrrole nitrogens is 1. The molecule has 1 saturated heterocycles. The van der Waals surface area contributed by atoms with Crippen LogP contribution in [0.15, 0.2) is 40.1 Å². The minimum atomic E-state index is -4.34. The third kappa shape index (κ3) is 3.47. The molecule has 1 aromatic heterocycles. The summed E-state index contributed by atoms with van der Waals surface area (Å²) < 4.78 is 48.9. The smallest absolute Gasteiger partial charge is 0.404 e. The molecule has 1 unspecified atom stereocenters. The predicted molar refractivity (Wildman–Crippen MR) is 102 cm³/mol. The third-order valence-electron chi connectivity index (χ3n) is 5.09. The molecule has 5 atom stereocenters. The number of benzene rings is 1. The molecule has 0 bridgehead atoms. The number of aromatic amines is 1. The Hall–Kier alpha value is -2.85. The second kappa shape index (κ2) is 7.63. The fraction of sp³-hybridized carbons (Fsp3) is 0.389. The number of aryl methyl sites for hydroxylation is 1. The maximum Gasteiger partial charge on any atom is 0.530 e. The molecule has 0 aliphatic carbocycles. The number of phosphoric acid groups is 1. The zero-order chi connectivity index (χ0) is 23.3. The van der Waals surface area contributed by atoms with Crippen LogP contribution < -0.4 is 15.8 Å². The summed E-state index contributed by atoms with van der Waals surface area (Å²) >= 11 is 0. The normalized spacial score (nSPS) is 33.8. The molecule has 2 aliphatic rings. The van der Waals surface area contributed by atoms with Crippen LogP contribution in [0, 0.1) is 18.3 Å². The fourth-order valence-corrected chi connectivity index (χ4v) is 4.56. The van der Waals surface area contributed by atoms with E-state index in [0.717, 1.165) is 6.20 Å². The second-order valence-electron chi connectivity index (χ2n) is 7.22. The highest BCUT2D eigenvalue weighted by molar-refractivity contribution is 7.49. The van der Waals surface area contributed by atoms with E-state index in [1.165, 1.54) is 19.1 Å². The highest BCUT2D eigenvalue weighted by Crippen LogP contribution is 2.56. The summed E-state index contributed by atoms with van der Waals surface area (Å²) in [6, 6.07) is 7.92. The lowest BCUT2D eigenvalue weighted by Crippen LogP contribution is -2.51. The SMILES string of the molecule is Cc1cn([C@]2(C#N)O[C@](F)(COP3(=O)OCc4ccccc4O3)[C@@H](O)[C@H]2O)c(=O)[nH]c1=O. The average molecular weight is 469 g/mol. The number of fused-ring (bicyclic) bond motifs is 1. The van der Waals surface area contributed by atoms with E-state index in [1.807, 2.05) is 4.98 Å². The Balaban J connectivity index is 1.62. The summed E-state index contributed by atoms with van der Waals surface area (Å²) in [5.74, 6) is -3.12. The zero-order valence-electron chi connectivity index (χ0n) is 16.4. The number of aliphatic hydroxyl groups is 2. The Morgan fingerprint density at radius 3 is 2.81 bits per heavy atom. The average Bonchev–Trinajstić information content (AvgIpc) is 2.97. The lowest BCUT2D eigenvalue weighted by Gasteiger charge is -2.29. The molecular formula is C18H17FN3O9P. The molecule has 0 amide bonds. The van der Waals surface area contributed by atoms with E-state index in [0.29, 0.717) is 10.1 Å². The Bertz CT molecular complexity index is 1270. The van der Waals surface area contributed by atoms with Crippen molar-refractivity contribution in [2.45, 2.75) is 37.3 Å². The molecule has 0 radical (unpaired) electrons. The number of hydrogen-bond acceptors (Lipinski definition) is 10. The number of nitrogens with one attached hydrogen (secondary N) is 1. The number of rotatable bonds is 4. The molecule has 12 nitrogen and oxygen atoms in total. The lowest BCUT2D eigenvalue weighted by atomic mass is 10.0. The van der Waals surface area contributed by atoms with Gasteiger partial charge in [0.05, 0.1) is 6.61 Å². The molecule has 4 rings (SSSR count). The quantitative estimate of drug-likeness (QED) is 0.524. The molecule has 32 heavy (non-hydrogen) atoms. The summed E-state index contributed by atoms with van der Waals surface area (Å²) in [6.45, 7) is -0.150. The molecule has 2 aromatic rings. The van der Waals surface area contributed by atoms with Crippen LogP contribution in [0.4, 0.5) is 4.39 Å². The Morgan fingerprint density at radius 2 is 2.09 bits per heavy atom. The van der Waals surface area contributed by atoms with Gasteiger partial charge in [-0.25, -0.2) is 13.8 Å². The Kier molecular flexibility index (Phi) is 5.33. The molecule has 1 aromatic carbocycles. The van der Waals surface area contributed by atoms with Crippen LogP contribution in [0.3, 0.4) is 0 Å². The van der Waals surface area contributed by atoms with Gasteiger partial charge in [0.15, 0.2) is 0 Å². The van der Waals surface area contributed by atoms with E-state index in [1.54, 1.807) is 18.2 Å². The lowest BCUT2D eigenvalue weighted by molar-refractivity contribution is -0.226. The van der Waals surface area contributed by atoms with Crippen molar-refractivity contribution < 1.29 is 37.5 Å². The monoisotopic (exact) mass is 469 g/mol. The minimum absolute atomic E-state index is 0.0516. The van der Waals surface area contributed by atoms with Gasteiger partial charge in [0, 0.05) is 17.3 Å². The van der Waals surface area contributed by atoms with Gasteiger partial charge in [0.25, 0.3) is 17.1 Å². The minimum Gasteiger partial charge on any atom is -0.404 e. The van der Waals surface area contributed by atoms with E-state index < -0.39 is 49.5 Å². The highest BCUT2D eigenvalue weighted by Gasteiger charge is 2.66. The van der Waals surface area contributed by atoms with Gasteiger partial charge in [-0.2, -0.15) is 5.26 Å². The van der Waals surface area contributed by atoms with E-state index in [-0.39, 0.29) is 17.9 Å². The number of ether oxygens (including phenoxy) is 1. The van der Waals surface area contributed by atoms with Crippen molar-refractivity contribution >= 4 is 7.82 Å². The maximum absolute atomic E-state index is 15.5. The van der Waals surface area contributed by atoms with E-state index in [2.05, 4.69) is 0 Å². The first-order chi connectivity index (χ1) is 15.0. The zero-order valence-corrected chi connectivity index (χ0v) is 17.3. The predicted octanol–water partition coefficient (Wildman–Crippen LogP) is 0.173. The van der Waals surface area contributed by atoms with Gasteiger partial charge in [-0.15, -0.1) is 0 Å². The second-order valence-corrected chi connectivity index (χ2v) is 8.81. The largest absolute Gasteiger partial charge is 0.530 e. The van der Waals surface area contributed by atoms with E-state index in [4.69, 9.17) is 18.3 Å². The topological polar surface area (TPSA) is 173 Å². The van der Waals surface area contributed by atoms with Crippen molar-refractivity contribution in [3.8, 4) is 11.8 Å². The van der Waals surface area contributed by atoms with Crippen LogP contribution in [0.5, 0.6) is 5.75 Å². The van der Waals surface area contributed by atoms with Gasteiger partial charge in [-0.1, -0.05) is 18.2 Å². The van der Waals surface area contributed by atoms with Gasteiger partial charge >= 0.3 is 13.5 Å². The number of nitriles is 1. The summed E-state index contributed by atoms with van der Waals surface area (Å²) in [5.41, 5.74) is -4.21. The summed E-state index contributed by atoms with van der Waals surface area (Å²) in [6.07, 6.45) is -3.83. The summed E-state index contributed by atoms with van der Waals surface area (Å²) in [7, 11) is -4.34. The third-order valence-corrected chi connectivity index (χ3v) is 6.40. The molecule has 0 spiro atoms. The fourth-order valence-electron chi connectivity index (χ4n) is 3.33. The van der Waals surface area contributed by atoms with E-state index in [9.17, 15) is 29.6 Å². The van der Waals surface area contributed by atoms with Gasteiger partial charge in [-0.05, 0) is 13.0 Å². The van der Waals surface area contributed by atoms with Crippen LogP contribution >= 0.6 is 7.82 Å². The number of para-hydroxylation sites is 1. The van der Waals surface area contributed by atoms with Gasteiger partial charge in [0.2, 0.25) is 0 Å². The number of aliphatic hydroxyl groups excluding tert-OH is 2. The number of halogens is 1. The van der Waals surface area contributed by atoms with E-state index >= 15 is 4.39 Å². The molecular weight excluding hydrogens is 452 g/mol. The Labute approximate surface area is 179 Å². The number of nitrogens with zero attached hydrogens (tertiary/aromatic N) is 2. The van der Waals surface area contributed by atoms with Crippen molar-refractivity contribution in [3.05, 3.63) is 62.4 Å². The standard InChI is InChI=1S/C18H17FN3O9P/c1-10-6-22(16(26)21-15(10)25)18(8-20)14(24)13(23)17(19,31-18)9-29-32(27)28-7-11-4-2-3-5-12(11)30-32/h2-6,13-14,23-24H,7,9H2,1H3,(H,21,25,26)/t13-,14+,17+,18+,32?/m0/s1. The van der Waals surface area contributed by atoms with Crippen LogP contribution in [-0.2, 0) is 30.7 Å². The Morgan fingerprint density at radius 1 is 1.38 bits per heavy atom. The highest BCUT2D eigenvalue weighted by atomic mass is 31.2. The molecule has 2 aliphatic heterocycles. The number of hydrogen-bond donors (Lipinski definition) is 3. The molecule has 3 N–H and O–H groups in total. The van der Waals surface area contributed by atoms with Crippen molar-refractivity contribution in [1.29, 1.82) is 5.26 Å². The van der Waals surface area contributed by atoms with Crippen LogP contribution in [0.25, 0.3) is 0 Å². The molecule has 170 valence electrons. The summed E-state index contributed by atoms with van der Waals surface area (Å²) in [5, 5.41) is 30.4. The first-order valence-electron chi connectivity index (χ1n) is 9.20. The molecule has 3 heterocycles. The van der Waals surface area contributed by atoms with Crippen LogP contribution in [-0.4, -0.2) is 44.4 Å². The molecule has 1 fully saturated rings. The van der Waals surface area contributed by atoms with Crippen LogP contribution in [0.2, 0.25) is 0 Å². The first kappa shape index (κ1) is 22.3. The van der Waals surface area contributed by atoms with Gasteiger partial charge in [0.1, 0.15) is 30.6 Å². The summed E-state index contributed by atoms with van der Waals surface area (Å²) in [4.78, 5) is 25.7. The number of phosphoric ester groups is 1. The number of alkyl halides is 1. The molecule has 14 heteroatoms. The van der Waals surface area contributed by atoms with Gasteiger partial charge in [-0.3, -0.25) is 28.1 Å². The first-order valence-corrected chi connectivity index (χ1v) is 10.7. The van der Waals surface area contributed by atoms with Crippen molar-refractivity contribution in [1.82, 2.24) is 9.55 Å². The van der Waals surface area contributed by atoms with Gasteiger partial charge < -0.3 is 14.7 Å². The van der Waals surface area contributed by atoms with Crippen molar-refractivity contribution in [2.24, 2.45) is 0 Å². The van der Waals surface area contributed by atoms with Crippen LogP contribution in [0.1, 0.15) is 11.1 Å². The molecule has 0 saturated carbocycles. The number of aromatic nitrogens is 2. The maximum atomic E-state index is 15.5.